The number of nitrogens with one attached hydrogen (secondary N) is 1. The van der Waals surface area contributed by atoms with Crippen LogP contribution >= 0.6 is 12.6 Å². The Hall–Kier alpha value is -0.710. The van der Waals surface area contributed by atoms with Gasteiger partial charge in [0.05, 0.1) is 0 Å². The summed E-state index contributed by atoms with van der Waals surface area (Å²) in [5.74, 6) is 0.180. The number of carbonyl (C=O) groups excluding carboxylic acids is 2. The molecule has 1 aliphatic rings. The van der Waals surface area contributed by atoms with Gasteiger partial charge in [0.2, 0.25) is 11.8 Å². The molecule has 0 aromatic rings. The molecule has 1 fully saturated rings. The van der Waals surface area contributed by atoms with Crippen molar-refractivity contribution in [2.45, 2.75) is 39.2 Å². The lowest BCUT2D eigenvalue weighted by atomic mass is 10.0. The molecule has 0 saturated heterocycles. The van der Waals surface area contributed by atoms with Crippen LogP contribution in [-0.4, -0.2) is 23.6 Å². The fourth-order valence-electron chi connectivity index (χ4n) is 1.70. The van der Waals surface area contributed by atoms with Crippen LogP contribution in [0.1, 0.15) is 33.1 Å². The van der Waals surface area contributed by atoms with Crippen molar-refractivity contribution >= 4 is 24.4 Å². The van der Waals surface area contributed by atoms with Crippen molar-refractivity contribution in [3.8, 4) is 0 Å². The summed E-state index contributed by atoms with van der Waals surface area (Å²) in [6.07, 6.45) is 2.55. The predicted molar refractivity (Wildman–Crippen MR) is 66.1 cm³/mol. The summed E-state index contributed by atoms with van der Waals surface area (Å²) in [6.45, 7) is 3.72. The molecule has 0 radical (unpaired) electrons. The number of primary amides is 1. The average Bonchev–Trinajstić information content (AvgIpc) is 2.94. The van der Waals surface area contributed by atoms with Gasteiger partial charge in [-0.2, -0.15) is 12.6 Å². The normalized spacial score (nSPS) is 19.2. The molecule has 0 spiro atoms. The molecule has 0 bridgehead atoms. The first-order valence-corrected chi connectivity index (χ1v) is 6.23. The second-order valence-electron chi connectivity index (χ2n) is 5.03. The first-order chi connectivity index (χ1) is 7.40. The number of hydrogen-bond acceptors (Lipinski definition) is 3. The largest absolute Gasteiger partial charge is 0.368 e. The summed E-state index contributed by atoms with van der Waals surface area (Å²) in [6, 6.07) is -0.566. The van der Waals surface area contributed by atoms with Gasteiger partial charge in [-0.05, 0) is 29.9 Å². The van der Waals surface area contributed by atoms with Crippen LogP contribution in [0.3, 0.4) is 0 Å². The number of carbonyl (C=O) groups is 2. The highest BCUT2D eigenvalue weighted by atomic mass is 32.1. The van der Waals surface area contributed by atoms with E-state index < -0.39 is 11.9 Å². The smallest absolute Gasteiger partial charge is 0.240 e. The summed E-state index contributed by atoms with van der Waals surface area (Å²) in [5.41, 5.74) is 5.30. The monoisotopic (exact) mass is 244 g/mol. The van der Waals surface area contributed by atoms with Gasteiger partial charge in [-0.25, -0.2) is 0 Å². The van der Waals surface area contributed by atoms with E-state index in [1.807, 2.05) is 13.8 Å². The average molecular weight is 244 g/mol. The van der Waals surface area contributed by atoms with Gasteiger partial charge in [0.25, 0.3) is 0 Å². The second-order valence-corrected chi connectivity index (χ2v) is 5.34. The van der Waals surface area contributed by atoms with E-state index in [-0.39, 0.29) is 17.2 Å². The minimum absolute atomic E-state index is 0.0209. The number of thiol groups is 1. The molecule has 1 saturated carbocycles. The van der Waals surface area contributed by atoms with E-state index >= 15 is 0 Å². The summed E-state index contributed by atoms with van der Waals surface area (Å²) < 4.78 is 0. The Balaban J connectivity index is 2.46. The highest BCUT2D eigenvalue weighted by Crippen LogP contribution is 2.49. The lowest BCUT2D eigenvalue weighted by Crippen LogP contribution is -2.48. The molecule has 1 rings (SSSR count). The Morgan fingerprint density at radius 2 is 2.00 bits per heavy atom. The predicted octanol–water partition coefficient (Wildman–Crippen LogP) is 0.713. The molecule has 16 heavy (non-hydrogen) atoms. The van der Waals surface area contributed by atoms with Crippen molar-refractivity contribution in [2.24, 2.45) is 17.1 Å². The lowest BCUT2D eigenvalue weighted by Gasteiger charge is -2.20. The van der Waals surface area contributed by atoms with Gasteiger partial charge in [-0.1, -0.05) is 13.8 Å². The van der Waals surface area contributed by atoms with Crippen molar-refractivity contribution in [1.29, 1.82) is 0 Å². The molecule has 1 unspecified atom stereocenters. The van der Waals surface area contributed by atoms with Crippen LogP contribution in [0.25, 0.3) is 0 Å². The fraction of sp³-hybridized carbons (Fsp3) is 0.818. The van der Waals surface area contributed by atoms with Crippen LogP contribution in [0.2, 0.25) is 0 Å². The zero-order chi connectivity index (χ0) is 12.3. The van der Waals surface area contributed by atoms with Crippen molar-refractivity contribution in [3.05, 3.63) is 0 Å². The van der Waals surface area contributed by atoms with Gasteiger partial charge >= 0.3 is 0 Å². The molecule has 5 heteroatoms. The van der Waals surface area contributed by atoms with Crippen molar-refractivity contribution in [2.75, 3.05) is 5.75 Å². The van der Waals surface area contributed by atoms with Crippen LogP contribution < -0.4 is 11.1 Å². The Labute approximate surface area is 102 Å². The standard InChI is InChI=1S/C11H20N2O2S/c1-7(2)9(10(12)15)13-8(14)5-11(6-16)3-4-11/h7,9,16H,3-6H2,1-2H3,(H2,12,15)(H,13,14). The van der Waals surface area contributed by atoms with Gasteiger partial charge in [0.1, 0.15) is 6.04 Å². The van der Waals surface area contributed by atoms with E-state index in [1.54, 1.807) is 0 Å². The zero-order valence-electron chi connectivity index (χ0n) is 9.82. The minimum atomic E-state index is -0.566. The molecule has 0 aliphatic heterocycles. The molecule has 0 aromatic carbocycles. The number of amides is 2. The minimum Gasteiger partial charge on any atom is -0.368 e. The number of nitrogens with two attached hydrogens (primary N) is 1. The van der Waals surface area contributed by atoms with Crippen LogP contribution in [0.4, 0.5) is 0 Å². The van der Waals surface area contributed by atoms with Gasteiger partial charge in [0.15, 0.2) is 0 Å². The molecule has 1 aliphatic carbocycles. The Bertz CT molecular complexity index is 288. The maximum Gasteiger partial charge on any atom is 0.240 e. The number of hydrogen-bond donors (Lipinski definition) is 3. The topological polar surface area (TPSA) is 72.2 Å². The van der Waals surface area contributed by atoms with E-state index in [2.05, 4.69) is 17.9 Å². The van der Waals surface area contributed by atoms with Crippen molar-refractivity contribution in [3.63, 3.8) is 0 Å². The summed E-state index contributed by atoms with van der Waals surface area (Å²) >= 11 is 4.24. The van der Waals surface area contributed by atoms with E-state index in [9.17, 15) is 9.59 Å². The highest BCUT2D eigenvalue weighted by molar-refractivity contribution is 7.80. The highest BCUT2D eigenvalue weighted by Gasteiger charge is 2.43. The van der Waals surface area contributed by atoms with Crippen LogP contribution in [-0.2, 0) is 9.59 Å². The lowest BCUT2D eigenvalue weighted by molar-refractivity contribution is -0.128. The van der Waals surface area contributed by atoms with Gasteiger partial charge < -0.3 is 11.1 Å². The molecule has 3 N–H and O–H groups in total. The molecule has 2 amide bonds. The molecule has 1 atom stereocenters. The molecule has 4 nitrogen and oxygen atoms in total. The summed E-state index contributed by atoms with van der Waals surface area (Å²) in [7, 11) is 0. The van der Waals surface area contributed by atoms with E-state index in [4.69, 9.17) is 5.73 Å². The van der Waals surface area contributed by atoms with Crippen LogP contribution in [0, 0.1) is 11.3 Å². The van der Waals surface area contributed by atoms with E-state index in [0.29, 0.717) is 6.42 Å². The van der Waals surface area contributed by atoms with Crippen LogP contribution in [0.15, 0.2) is 0 Å². The molecule has 92 valence electrons. The maximum absolute atomic E-state index is 11.7. The SMILES string of the molecule is CC(C)C(NC(=O)CC1(CS)CC1)C(N)=O. The maximum atomic E-state index is 11.7. The molecular weight excluding hydrogens is 224 g/mol. The first kappa shape index (κ1) is 13.4. The third-order valence-electron chi connectivity index (χ3n) is 3.12. The number of rotatable bonds is 6. The summed E-state index contributed by atoms with van der Waals surface area (Å²) in [4.78, 5) is 22.8. The van der Waals surface area contributed by atoms with E-state index in [1.165, 1.54) is 0 Å². The Kier molecular flexibility index (Phi) is 4.24. The quantitative estimate of drug-likeness (QED) is 0.602. The van der Waals surface area contributed by atoms with Crippen molar-refractivity contribution < 1.29 is 9.59 Å². The zero-order valence-corrected chi connectivity index (χ0v) is 10.7. The molecular formula is C11H20N2O2S. The second kappa shape index (κ2) is 5.08. The fourth-order valence-corrected chi connectivity index (χ4v) is 2.13. The van der Waals surface area contributed by atoms with Crippen molar-refractivity contribution in [1.82, 2.24) is 5.32 Å². The third-order valence-corrected chi connectivity index (χ3v) is 3.79. The van der Waals surface area contributed by atoms with E-state index in [0.717, 1.165) is 18.6 Å². The van der Waals surface area contributed by atoms with Gasteiger partial charge in [-0.3, -0.25) is 9.59 Å². The van der Waals surface area contributed by atoms with Crippen LogP contribution in [0.5, 0.6) is 0 Å². The summed E-state index contributed by atoms with van der Waals surface area (Å²) in [5, 5.41) is 2.70. The molecule has 0 aromatic heterocycles. The Morgan fingerprint density at radius 1 is 1.44 bits per heavy atom. The van der Waals surface area contributed by atoms with Gasteiger partial charge in [-0.15, -0.1) is 0 Å². The Morgan fingerprint density at radius 3 is 2.31 bits per heavy atom. The third kappa shape index (κ3) is 3.40. The first-order valence-electron chi connectivity index (χ1n) is 5.60. The molecule has 0 heterocycles. The van der Waals surface area contributed by atoms with Gasteiger partial charge in [0, 0.05) is 6.42 Å².